The molecule has 0 aliphatic heterocycles. The van der Waals surface area contributed by atoms with Gasteiger partial charge in [-0.1, -0.05) is 24.0 Å². The maximum atomic E-state index is 13.6. The van der Waals surface area contributed by atoms with Crippen LogP contribution in [0.2, 0.25) is 0 Å². The van der Waals surface area contributed by atoms with Crippen LogP contribution < -0.4 is 0 Å². The molecule has 20 heavy (non-hydrogen) atoms. The van der Waals surface area contributed by atoms with Gasteiger partial charge < -0.3 is 0 Å². The molecule has 2 rings (SSSR count). The van der Waals surface area contributed by atoms with Crippen molar-refractivity contribution < 1.29 is 17.6 Å². The average molecular weight is 278 g/mol. The summed E-state index contributed by atoms with van der Waals surface area (Å²) in [5.41, 5.74) is -0.0943. The van der Waals surface area contributed by atoms with Crippen LogP contribution in [0.25, 0.3) is 0 Å². The molecule has 0 radical (unpaired) electrons. The average Bonchev–Trinajstić information content (AvgIpc) is 2.43. The SMILES string of the molecule is Cc1ccc(C#Cc2ccc(C)c(F)c2F)c(F)c1F. The molecule has 0 saturated heterocycles. The maximum Gasteiger partial charge on any atom is 0.174 e. The van der Waals surface area contributed by atoms with E-state index in [9.17, 15) is 17.6 Å². The van der Waals surface area contributed by atoms with Gasteiger partial charge in [-0.3, -0.25) is 0 Å². The molecule has 0 atom stereocenters. The number of aryl methyl sites for hydroxylation is 2. The second kappa shape index (κ2) is 5.38. The third-order valence-corrected chi connectivity index (χ3v) is 2.88. The van der Waals surface area contributed by atoms with Crippen LogP contribution in [0.3, 0.4) is 0 Å². The Kier molecular flexibility index (Phi) is 3.80. The molecule has 0 amide bonds. The van der Waals surface area contributed by atoms with E-state index in [0.717, 1.165) is 0 Å². The van der Waals surface area contributed by atoms with Gasteiger partial charge in [0.15, 0.2) is 23.3 Å². The van der Waals surface area contributed by atoms with Crippen LogP contribution in [-0.2, 0) is 0 Å². The van der Waals surface area contributed by atoms with Crippen LogP contribution in [-0.4, -0.2) is 0 Å². The standard InChI is InChI=1S/C16H10F4/c1-9-3-5-11(15(19)13(9)17)7-8-12-6-4-10(2)14(18)16(12)20/h3-6H,1-2H3. The zero-order chi connectivity index (χ0) is 14.9. The summed E-state index contributed by atoms with van der Waals surface area (Å²) in [6, 6.07) is 5.33. The first-order valence-electron chi connectivity index (χ1n) is 5.83. The highest BCUT2D eigenvalue weighted by molar-refractivity contribution is 5.45. The maximum absolute atomic E-state index is 13.6. The summed E-state index contributed by atoms with van der Waals surface area (Å²) >= 11 is 0. The molecule has 0 aromatic heterocycles. The first kappa shape index (κ1) is 14.1. The van der Waals surface area contributed by atoms with Gasteiger partial charge in [-0.05, 0) is 37.1 Å². The Labute approximate surface area is 114 Å². The van der Waals surface area contributed by atoms with E-state index >= 15 is 0 Å². The van der Waals surface area contributed by atoms with E-state index in [4.69, 9.17) is 0 Å². The number of rotatable bonds is 0. The zero-order valence-electron chi connectivity index (χ0n) is 10.8. The molecule has 0 saturated carbocycles. The molecule has 0 N–H and O–H groups in total. The summed E-state index contributed by atoms with van der Waals surface area (Å²) in [6.45, 7) is 2.84. The molecule has 0 aliphatic carbocycles. The Bertz CT molecular complexity index is 675. The highest BCUT2D eigenvalue weighted by Crippen LogP contribution is 2.17. The second-order valence-electron chi connectivity index (χ2n) is 4.37. The first-order chi connectivity index (χ1) is 9.41. The van der Waals surface area contributed by atoms with Crippen molar-refractivity contribution in [1.29, 1.82) is 0 Å². The quantitative estimate of drug-likeness (QED) is 0.499. The first-order valence-corrected chi connectivity index (χ1v) is 5.83. The molecule has 0 fully saturated rings. The topological polar surface area (TPSA) is 0 Å². The van der Waals surface area contributed by atoms with E-state index in [1.807, 2.05) is 0 Å². The van der Waals surface area contributed by atoms with Crippen molar-refractivity contribution in [3.05, 3.63) is 69.8 Å². The molecule has 0 nitrogen and oxygen atoms in total. The van der Waals surface area contributed by atoms with Gasteiger partial charge in [0.1, 0.15) is 0 Å². The van der Waals surface area contributed by atoms with Crippen LogP contribution in [0.15, 0.2) is 24.3 Å². The van der Waals surface area contributed by atoms with Gasteiger partial charge in [-0.2, -0.15) is 0 Å². The van der Waals surface area contributed by atoms with Gasteiger partial charge in [-0.25, -0.2) is 17.6 Å². The lowest BCUT2D eigenvalue weighted by Gasteiger charge is -2.01. The minimum absolute atomic E-state index is 0.153. The van der Waals surface area contributed by atoms with Crippen molar-refractivity contribution in [2.45, 2.75) is 13.8 Å². The summed E-state index contributed by atoms with van der Waals surface area (Å²) < 4.78 is 53.8. The number of benzene rings is 2. The largest absolute Gasteiger partial charge is 0.203 e. The minimum Gasteiger partial charge on any atom is -0.203 e. The van der Waals surface area contributed by atoms with Crippen LogP contribution in [0.5, 0.6) is 0 Å². The number of halogens is 4. The summed E-state index contributed by atoms with van der Waals surface area (Å²) in [5.74, 6) is 0.456. The fraction of sp³-hybridized carbons (Fsp3) is 0.125. The molecule has 0 heterocycles. The Morgan fingerprint density at radius 1 is 0.600 bits per heavy atom. The van der Waals surface area contributed by atoms with Gasteiger partial charge in [0, 0.05) is 0 Å². The van der Waals surface area contributed by atoms with E-state index < -0.39 is 23.3 Å². The second-order valence-corrected chi connectivity index (χ2v) is 4.37. The van der Waals surface area contributed by atoms with Gasteiger partial charge in [0.2, 0.25) is 0 Å². The van der Waals surface area contributed by atoms with Gasteiger partial charge in [0.25, 0.3) is 0 Å². The normalized spacial score (nSPS) is 10.1. The predicted molar refractivity (Wildman–Crippen MR) is 68.2 cm³/mol. The molecular formula is C16H10F4. The van der Waals surface area contributed by atoms with Gasteiger partial charge >= 0.3 is 0 Å². The molecule has 0 aliphatic rings. The Balaban J connectivity index is 2.47. The van der Waals surface area contributed by atoms with E-state index in [-0.39, 0.29) is 22.3 Å². The van der Waals surface area contributed by atoms with E-state index in [0.29, 0.717) is 0 Å². The highest BCUT2D eigenvalue weighted by atomic mass is 19.2. The zero-order valence-corrected chi connectivity index (χ0v) is 10.8. The van der Waals surface area contributed by atoms with Crippen molar-refractivity contribution >= 4 is 0 Å². The van der Waals surface area contributed by atoms with Gasteiger partial charge in [0.05, 0.1) is 11.1 Å². The molecule has 0 bridgehead atoms. The predicted octanol–water partition coefficient (Wildman–Crippen LogP) is 4.26. The molecule has 0 unspecified atom stereocenters. The van der Waals surface area contributed by atoms with E-state index in [1.165, 1.54) is 38.1 Å². The van der Waals surface area contributed by atoms with Crippen molar-refractivity contribution in [3.63, 3.8) is 0 Å². The van der Waals surface area contributed by atoms with Crippen LogP contribution >= 0.6 is 0 Å². The minimum atomic E-state index is -1.09. The fourth-order valence-corrected chi connectivity index (χ4v) is 1.62. The fourth-order valence-electron chi connectivity index (χ4n) is 1.62. The van der Waals surface area contributed by atoms with Crippen molar-refractivity contribution in [2.75, 3.05) is 0 Å². The molecule has 2 aromatic rings. The van der Waals surface area contributed by atoms with Crippen LogP contribution in [0, 0.1) is 49.0 Å². The summed E-state index contributed by atoms with van der Waals surface area (Å²) in [5, 5.41) is 0. The molecule has 102 valence electrons. The molecule has 2 aromatic carbocycles. The van der Waals surface area contributed by atoms with E-state index in [1.54, 1.807) is 0 Å². The van der Waals surface area contributed by atoms with Crippen molar-refractivity contribution in [2.24, 2.45) is 0 Å². The lowest BCUT2D eigenvalue weighted by molar-refractivity contribution is 0.500. The van der Waals surface area contributed by atoms with Crippen molar-refractivity contribution in [1.82, 2.24) is 0 Å². The smallest absolute Gasteiger partial charge is 0.174 e. The third-order valence-electron chi connectivity index (χ3n) is 2.88. The third kappa shape index (κ3) is 2.53. The van der Waals surface area contributed by atoms with Gasteiger partial charge in [-0.15, -0.1) is 0 Å². The lowest BCUT2D eigenvalue weighted by Crippen LogP contribution is -1.95. The number of hydrogen-bond acceptors (Lipinski definition) is 0. The van der Waals surface area contributed by atoms with Crippen molar-refractivity contribution in [3.8, 4) is 11.8 Å². The lowest BCUT2D eigenvalue weighted by atomic mass is 10.1. The summed E-state index contributed by atoms with van der Waals surface area (Å²) in [7, 11) is 0. The molecule has 0 spiro atoms. The molecular weight excluding hydrogens is 268 g/mol. The summed E-state index contributed by atoms with van der Waals surface area (Å²) in [4.78, 5) is 0. The molecule has 4 heteroatoms. The Morgan fingerprint density at radius 2 is 0.950 bits per heavy atom. The highest BCUT2D eigenvalue weighted by Gasteiger charge is 2.11. The monoisotopic (exact) mass is 278 g/mol. The van der Waals surface area contributed by atoms with Crippen LogP contribution in [0.4, 0.5) is 17.6 Å². The Morgan fingerprint density at radius 3 is 1.30 bits per heavy atom. The summed E-state index contributed by atoms with van der Waals surface area (Å²) in [6.07, 6.45) is 0. The number of hydrogen-bond donors (Lipinski definition) is 0. The van der Waals surface area contributed by atoms with E-state index in [2.05, 4.69) is 11.8 Å². The van der Waals surface area contributed by atoms with Crippen LogP contribution in [0.1, 0.15) is 22.3 Å². The Hall–Kier alpha value is -2.28.